The van der Waals surface area contributed by atoms with Crippen LogP contribution in [0.1, 0.15) is 36.8 Å². The number of aromatic nitrogens is 1. The zero-order valence-electron chi connectivity index (χ0n) is 13.4. The molecule has 1 saturated heterocycles. The molecule has 0 aromatic carbocycles. The summed E-state index contributed by atoms with van der Waals surface area (Å²) < 4.78 is 0. The molecule has 23 heavy (non-hydrogen) atoms. The Balaban J connectivity index is 1.55. The summed E-state index contributed by atoms with van der Waals surface area (Å²) in [7, 11) is 0. The number of pyridine rings is 1. The van der Waals surface area contributed by atoms with Gasteiger partial charge in [-0.25, -0.2) is 0 Å². The van der Waals surface area contributed by atoms with Gasteiger partial charge in [-0.15, -0.1) is 0 Å². The van der Waals surface area contributed by atoms with Crippen molar-refractivity contribution in [1.29, 1.82) is 0 Å². The number of carbonyl (C=O) groups excluding carboxylic acids is 1. The summed E-state index contributed by atoms with van der Waals surface area (Å²) in [6.45, 7) is 2.58. The molecule has 2 unspecified atom stereocenters. The first-order valence-electron chi connectivity index (χ1n) is 8.25. The maximum atomic E-state index is 12.5. The van der Waals surface area contributed by atoms with E-state index < -0.39 is 12.0 Å². The van der Waals surface area contributed by atoms with Crippen LogP contribution >= 0.6 is 0 Å². The predicted molar refractivity (Wildman–Crippen MR) is 85.0 cm³/mol. The zero-order chi connectivity index (χ0) is 16.4. The van der Waals surface area contributed by atoms with Crippen LogP contribution in [0.5, 0.6) is 0 Å². The largest absolute Gasteiger partial charge is 0.480 e. The van der Waals surface area contributed by atoms with Gasteiger partial charge in [-0.3, -0.25) is 19.5 Å². The number of carboxylic acids is 1. The van der Waals surface area contributed by atoms with E-state index in [1.165, 1.54) is 5.56 Å². The number of nitrogens with zero attached hydrogens (tertiary/aromatic N) is 2. The van der Waals surface area contributed by atoms with E-state index in [-0.39, 0.29) is 18.0 Å². The van der Waals surface area contributed by atoms with Crippen molar-refractivity contribution in [2.24, 2.45) is 0 Å². The van der Waals surface area contributed by atoms with Crippen molar-refractivity contribution in [2.75, 3.05) is 6.54 Å². The van der Waals surface area contributed by atoms with Crippen molar-refractivity contribution in [1.82, 2.24) is 15.2 Å². The molecule has 1 aliphatic carbocycles. The minimum atomic E-state index is -0.807. The molecule has 1 aromatic heterocycles. The minimum Gasteiger partial charge on any atom is -0.480 e. The lowest BCUT2D eigenvalue weighted by atomic mass is 10.1. The van der Waals surface area contributed by atoms with E-state index in [0.717, 1.165) is 24.8 Å². The fraction of sp³-hybridized carbons (Fsp3) is 0.588. The highest BCUT2D eigenvalue weighted by atomic mass is 16.4. The molecule has 6 nitrogen and oxygen atoms in total. The van der Waals surface area contributed by atoms with Crippen LogP contribution in [0.4, 0.5) is 0 Å². The van der Waals surface area contributed by atoms with Crippen LogP contribution < -0.4 is 5.32 Å². The van der Waals surface area contributed by atoms with Crippen molar-refractivity contribution in [2.45, 2.75) is 57.2 Å². The van der Waals surface area contributed by atoms with Gasteiger partial charge in [-0.05, 0) is 56.2 Å². The van der Waals surface area contributed by atoms with Crippen LogP contribution in [-0.2, 0) is 16.0 Å². The Morgan fingerprint density at radius 1 is 1.30 bits per heavy atom. The van der Waals surface area contributed by atoms with Gasteiger partial charge in [0.1, 0.15) is 6.04 Å². The molecule has 0 bridgehead atoms. The Morgan fingerprint density at radius 2 is 2.04 bits per heavy atom. The van der Waals surface area contributed by atoms with Crippen LogP contribution in [0.15, 0.2) is 18.5 Å². The van der Waals surface area contributed by atoms with Crippen molar-refractivity contribution < 1.29 is 14.7 Å². The second-order valence-corrected chi connectivity index (χ2v) is 6.47. The molecule has 2 aliphatic rings. The summed E-state index contributed by atoms with van der Waals surface area (Å²) in [6, 6.07) is 1.44. The Morgan fingerprint density at radius 3 is 2.70 bits per heavy atom. The van der Waals surface area contributed by atoms with Crippen LogP contribution in [0, 0.1) is 6.92 Å². The van der Waals surface area contributed by atoms with Gasteiger partial charge >= 0.3 is 5.97 Å². The number of likely N-dealkylation sites (tertiary alicyclic amines) is 1. The monoisotopic (exact) mass is 317 g/mol. The molecule has 0 spiro atoms. The van der Waals surface area contributed by atoms with E-state index in [4.69, 9.17) is 0 Å². The summed E-state index contributed by atoms with van der Waals surface area (Å²) in [4.78, 5) is 29.9. The first-order chi connectivity index (χ1) is 11.1. The third kappa shape index (κ3) is 3.52. The molecule has 2 N–H and O–H groups in total. The van der Waals surface area contributed by atoms with Gasteiger partial charge in [0.05, 0.1) is 6.04 Å². The quantitative estimate of drug-likeness (QED) is 0.822. The van der Waals surface area contributed by atoms with E-state index in [1.807, 2.05) is 24.1 Å². The summed E-state index contributed by atoms with van der Waals surface area (Å²) in [6.07, 6.45) is 7.52. The topological polar surface area (TPSA) is 82.5 Å². The lowest BCUT2D eigenvalue weighted by Crippen LogP contribution is -2.49. The molecule has 2 heterocycles. The Bertz CT molecular complexity index is 601. The Hall–Kier alpha value is -1.95. The molecule has 1 amide bonds. The van der Waals surface area contributed by atoms with Gasteiger partial charge < -0.3 is 10.4 Å². The number of aliphatic carboxylic acids is 1. The highest BCUT2D eigenvalue weighted by Crippen LogP contribution is 2.37. The van der Waals surface area contributed by atoms with E-state index >= 15 is 0 Å². The lowest BCUT2D eigenvalue weighted by Gasteiger charge is -2.27. The number of nitrogens with one attached hydrogen (secondary N) is 1. The van der Waals surface area contributed by atoms with Crippen LogP contribution in [0.2, 0.25) is 0 Å². The number of carbonyl (C=O) groups is 2. The Labute approximate surface area is 135 Å². The third-order valence-corrected chi connectivity index (χ3v) is 4.83. The molecule has 1 saturated carbocycles. The van der Waals surface area contributed by atoms with Gasteiger partial charge in [-0.1, -0.05) is 0 Å². The van der Waals surface area contributed by atoms with Crippen molar-refractivity contribution >= 4 is 11.9 Å². The van der Waals surface area contributed by atoms with E-state index in [2.05, 4.69) is 10.3 Å². The fourth-order valence-corrected chi connectivity index (χ4v) is 3.43. The third-order valence-electron chi connectivity index (χ3n) is 4.83. The maximum Gasteiger partial charge on any atom is 0.320 e. The van der Waals surface area contributed by atoms with Crippen molar-refractivity contribution in [3.63, 3.8) is 0 Å². The van der Waals surface area contributed by atoms with Gasteiger partial charge in [0.25, 0.3) is 0 Å². The summed E-state index contributed by atoms with van der Waals surface area (Å²) >= 11 is 0. The molecular weight excluding hydrogens is 294 g/mol. The number of hydrogen-bond acceptors (Lipinski definition) is 4. The standard InChI is InChI=1S/C17H23N3O3/c1-11-6-8-18-10-12(11)7-9-19-16(21)14-4-5-15(17(22)23)20(14)13-2-3-13/h6,8,10,13-15H,2-5,7,9H2,1H3,(H,19,21)(H,22,23). The zero-order valence-corrected chi connectivity index (χ0v) is 13.4. The maximum absolute atomic E-state index is 12.5. The number of hydrogen-bond donors (Lipinski definition) is 2. The average Bonchev–Trinajstić information content (AvgIpc) is 3.26. The first-order valence-corrected chi connectivity index (χ1v) is 8.25. The second kappa shape index (κ2) is 6.66. The SMILES string of the molecule is Cc1ccncc1CCNC(=O)C1CCC(C(=O)O)N1C1CC1. The van der Waals surface area contributed by atoms with Gasteiger partial charge in [0.15, 0.2) is 0 Å². The highest BCUT2D eigenvalue weighted by Gasteiger charge is 2.48. The highest BCUT2D eigenvalue weighted by molar-refractivity contribution is 5.84. The lowest BCUT2D eigenvalue weighted by molar-refractivity contribution is -0.143. The van der Waals surface area contributed by atoms with Gasteiger partial charge in [0.2, 0.25) is 5.91 Å². The Kier molecular flexibility index (Phi) is 4.61. The minimum absolute atomic E-state index is 0.0396. The summed E-state index contributed by atoms with van der Waals surface area (Å²) in [5.74, 6) is -0.847. The first kappa shape index (κ1) is 15.9. The second-order valence-electron chi connectivity index (χ2n) is 6.47. The molecule has 0 radical (unpaired) electrons. The number of carboxylic acid groups (broad SMARTS) is 1. The van der Waals surface area contributed by atoms with E-state index in [0.29, 0.717) is 19.4 Å². The van der Waals surface area contributed by atoms with Crippen LogP contribution in [-0.4, -0.2) is 51.5 Å². The fourth-order valence-electron chi connectivity index (χ4n) is 3.43. The van der Waals surface area contributed by atoms with E-state index in [1.54, 1.807) is 6.20 Å². The smallest absolute Gasteiger partial charge is 0.320 e. The average molecular weight is 317 g/mol. The number of rotatable bonds is 6. The van der Waals surface area contributed by atoms with Crippen molar-refractivity contribution in [3.8, 4) is 0 Å². The molecule has 3 rings (SSSR count). The summed E-state index contributed by atoms with van der Waals surface area (Å²) in [5, 5.41) is 12.3. The normalized spacial score (nSPS) is 24.6. The van der Waals surface area contributed by atoms with E-state index in [9.17, 15) is 14.7 Å². The number of aryl methyl sites for hydroxylation is 1. The summed E-state index contributed by atoms with van der Waals surface area (Å²) in [5.41, 5.74) is 2.29. The molecule has 124 valence electrons. The molecule has 6 heteroatoms. The molecular formula is C17H23N3O3. The van der Waals surface area contributed by atoms with Gasteiger partial charge in [0, 0.05) is 25.0 Å². The molecule has 2 fully saturated rings. The molecule has 1 aromatic rings. The predicted octanol–water partition coefficient (Wildman–Crippen LogP) is 1.13. The van der Waals surface area contributed by atoms with Crippen LogP contribution in [0.25, 0.3) is 0 Å². The van der Waals surface area contributed by atoms with Gasteiger partial charge in [-0.2, -0.15) is 0 Å². The van der Waals surface area contributed by atoms with Crippen molar-refractivity contribution in [3.05, 3.63) is 29.6 Å². The number of amides is 1. The van der Waals surface area contributed by atoms with Crippen LogP contribution in [0.3, 0.4) is 0 Å². The molecule has 1 aliphatic heterocycles. The molecule has 2 atom stereocenters.